The molecule has 0 saturated heterocycles. The number of rotatable bonds is 10. The number of hydrogen-bond donors (Lipinski definition) is 2. The molecule has 0 fully saturated rings. The van der Waals surface area contributed by atoms with Crippen molar-refractivity contribution < 1.29 is 25.9 Å². The Labute approximate surface area is 301 Å². The topological polar surface area (TPSA) is 115 Å². The second-order valence-electron chi connectivity index (χ2n) is 12.7. The molecule has 0 aliphatic carbocycles. The van der Waals surface area contributed by atoms with Gasteiger partial charge in [-0.05, 0) is 93.3 Å². The van der Waals surface area contributed by atoms with Crippen LogP contribution in [0.1, 0.15) is 11.1 Å². The summed E-state index contributed by atoms with van der Waals surface area (Å²) in [6.07, 6.45) is 0. The zero-order valence-electron chi connectivity index (χ0n) is 27.7. The molecule has 0 aliphatic heterocycles. The van der Waals surface area contributed by atoms with Gasteiger partial charge in [0.2, 0.25) is 0 Å². The molecule has 10 heteroatoms. The van der Waals surface area contributed by atoms with Gasteiger partial charge in [-0.1, -0.05) is 97.1 Å². The summed E-state index contributed by atoms with van der Waals surface area (Å²) in [7, 11) is -8.35. The summed E-state index contributed by atoms with van der Waals surface area (Å²) in [4.78, 5) is 4.29. The molecular formula is C42H32N2O6S2. The van der Waals surface area contributed by atoms with E-state index in [2.05, 4.69) is 58.3 Å². The van der Waals surface area contributed by atoms with E-state index in [4.69, 9.17) is 0 Å². The Hall–Kier alpha value is -5.78. The zero-order chi connectivity index (χ0) is 36.0. The van der Waals surface area contributed by atoms with Crippen LogP contribution in [0.3, 0.4) is 0 Å². The van der Waals surface area contributed by atoms with E-state index >= 15 is 0 Å². The van der Waals surface area contributed by atoms with Crippen molar-refractivity contribution in [2.75, 3.05) is 9.80 Å². The van der Waals surface area contributed by atoms with Crippen molar-refractivity contribution in [2.45, 2.75) is 11.5 Å². The van der Waals surface area contributed by atoms with Crippen molar-refractivity contribution in [1.29, 1.82) is 0 Å². The quantitative estimate of drug-likeness (QED) is 0.106. The van der Waals surface area contributed by atoms with E-state index in [0.717, 1.165) is 66.4 Å². The molecule has 0 heterocycles. The smallest absolute Gasteiger partial charge is 0.269 e. The molecule has 0 unspecified atom stereocenters. The molecule has 0 spiro atoms. The minimum atomic E-state index is -4.18. The molecule has 258 valence electrons. The number of nitrogens with zero attached hydrogens (tertiary/aromatic N) is 2. The van der Waals surface area contributed by atoms with Crippen LogP contribution in [-0.2, 0) is 31.7 Å². The minimum absolute atomic E-state index is 0.464. The summed E-state index contributed by atoms with van der Waals surface area (Å²) < 4.78 is 65.1. The van der Waals surface area contributed by atoms with Crippen LogP contribution in [0.5, 0.6) is 0 Å². The van der Waals surface area contributed by atoms with E-state index < -0.39 is 31.7 Å². The Morgan fingerprint density at radius 3 is 1.06 bits per heavy atom. The van der Waals surface area contributed by atoms with Gasteiger partial charge in [0.15, 0.2) is 0 Å². The van der Waals surface area contributed by atoms with Crippen molar-refractivity contribution in [2.24, 2.45) is 0 Å². The fourth-order valence-corrected chi connectivity index (χ4v) is 8.30. The summed E-state index contributed by atoms with van der Waals surface area (Å²) in [5, 5.41) is 6.39. The highest BCUT2D eigenvalue weighted by molar-refractivity contribution is 7.85. The molecule has 0 radical (unpaired) electrons. The van der Waals surface area contributed by atoms with E-state index in [-0.39, 0.29) is 0 Å². The van der Waals surface area contributed by atoms with Gasteiger partial charge in [0.05, 0.1) is 11.4 Å². The third kappa shape index (κ3) is 6.56. The SMILES string of the molecule is O=S(=O)(O)Cc1ccc(N(c2ccccc2)c2ccc3ccc4c(N(c5ccccc5)c5ccc(CS(=O)(=O)O)cc5)ccc5ccc2c3c54)cc1. The first kappa shape index (κ1) is 33.4. The number of anilines is 6. The Balaban J connectivity index is 1.33. The van der Waals surface area contributed by atoms with Gasteiger partial charge in [-0.2, -0.15) is 16.8 Å². The highest BCUT2D eigenvalue weighted by atomic mass is 32.2. The fraction of sp³-hybridized carbons (Fsp3) is 0.0476. The molecule has 8 aromatic carbocycles. The zero-order valence-corrected chi connectivity index (χ0v) is 29.3. The largest absolute Gasteiger partial charge is 0.310 e. The first-order valence-electron chi connectivity index (χ1n) is 16.5. The standard InChI is InChI=1S/C42H32N2O6S2/c45-51(46,47)27-29-11-19-35(20-12-29)43(33-7-3-1-4-8-33)39-25-17-31-16-24-38-40(26-18-32-15-23-37(39)41(31)42(32)38)44(34-9-5-2-6-10-34)36-21-13-30(14-22-36)28-52(48,49)50/h1-26H,27-28H2,(H,45,46,47)(H,48,49,50). The van der Waals surface area contributed by atoms with Crippen LogP contribution in [0.4, 0.5) is 34.1 Å². The second-order valence-corrected chi connectivity index (χ2v) is 15.6. The Morgan fingerprint density at radius 1 is 0.385 bits per heavy atom. The molecule has 0 aliphatic rings. The van der Waals surface area contributed by atoms with Crippen molar-refractivity contribution in [3.8, 4) is 0 Å². The van der Waals surface area contributed by atoms with Crippen LogP contribution in [0.15, 0.2) is 158 Å². The molecule has 0 bridgehead atoms. The third-order valence-electron chi connectivity index (χ3n) is 9.22. The first-order chi connectivity index (χ1) is 25.0. The Bertz CT molecular complexity index is 2580. The van der Waals surface area contributed by atoms with E-state index in [1.807, 2.05) is 84.9 Å². The van der Waals surface area contributed by atoms with Gasteiger partial charge in [0, 0.05) is 33.5 Å². The molecule has 2 N–H and O–H groups in total. The Morgan fingerprint density at radius 2 is 0.712 bits per heavy atom. The van der Waals surface area contributed by atoms with Crippen LogP contribution in [0.25, 0.3) is 32.3 Å². The highest BCUT2D eigenvalue weighted by Crippen LogP contribution is 2.47. The lowest BCUT2D eigenvalue weighted by Gasteiger charge is -2.29. The molecule has 0 aromatic heterocycles. The van der Waals surface area contributed by atoms with Crippen LogP contribution >= 0.6 is 0 Å². The average Bonchev–Trinajstić information content (AvgIpc) is 3.13. The normalized spacial score (nSPS) is 12.1. The maximum Gasteiger partial charge on any atom is 0.269 e. The minimum Gasteiger partial charge on any atom is -0.310 e. The summed E-state index contributed by atoms with van der Waals surface area (Å²) in [6.45, 7) is 0. The molecule has 8 aromatic rings. The van der Waals surface area contributed by atoms with E-state index in [9.17, 15) is 25.9 Å². The Kier molecular flexibility index (Phi) is 8.39. The van der Waals surface area contributed by atoms with E-state index in [0.29, 0.717) is 11.1 Å². The number of benzene rings is 8. The maximum atomic E-state index is 11.6. The number of para-hydroxylation sites is 2. The first-order valence-corrected chi connectivity index (χ1v) is 19.7. The predicted molar refractivity (Wildman–Crippen MR) is 210 cm³/mol. The molecule has 0 atom stereocenters. The predicted octanol–water partition coefficient (Wildman–Crippen LogP) is 10.3. The molecule has 8 nitrogen and oxygen atoms in total. The van der Waals surface area contributed by atoms with E-state index in [1.165, 1.54) is 0 Å². The summed E-state index contributed by atoms with van der Waals surface area (Å²) in [6, 6.07) is 51.3. The number of hydrogen-bond acceptors (Lipinski definition) is 6. The van der Waals surface area contributed by atoms with Gasteiger partial charge in [-0.3, -0.25) is 9.11 Å². The van der Waals surface area contributed by atoms with Crippen LogP contribution in [0, 0.1) is 0 Å². The molecule has 8 rings (SSSR count). The van der Waals surface area contributed by atoms with Crippen molar-refractivity contribution in [3.05, 3.63) is 169 Å². The summed E-state index contributed by atoms with van der Waals surface area (Å²) in [5.41, 5.74) is 6.35. The third-order valence-corrected chi connectivity index (χ3v) is 10.6. The van der Waals surface area contributed by atoms with Crippen molar-refractivity contribution in [1.82, 2.24) is 0 Å². The molecule has 0 amide bonds. The van der Waals surface area contributed by atoms with Gasteiger partial charge in [0.1, 0.15) is 11.5 Å². The average molecular weight is 725 g/mol. The van der Waals surface area contributed by atoms with E-state index in [1.54, 1.807) is 24.3 Å². The molecule has 0 saturated carbocycles. The molecular weight excluding hydrogens is 693 g/mol. The van der Waals surface area contributed by atoms with Crippen molar-refractivity contribution >= 4 is 86.7 Å². The van der Waals surface area contributed by atoms with Crippen molar-refractivity contribution in [3.63, 3.8) is 0 Å². The maximum absolute atomic E-state index is 11.6. The summed E-state index contributed by atoms with van der Waals surface area (Å²) >= 11 is 0. The van der Waals surface area contributed by atoms with Gasteiger partial charge in [-0.15, -0.1) is 0 Å². The van der Waals surface area contributed by atoms with Gasteiger partial charge >= 0.3 is 0 Å². The second kappa shape index (κ2) is 13.1. The van der Waals surface area contributed by atoms with Gasteiger partial charge in [-0.25, -0.2) is 0 Å². The lowest BCUT2D eigenvalue weighted by molar-refractivity contribution is 0.479. The highest BCUT2D eigenvalue weighted by Gasteiger charge is 2.22. The van der Waals surface area contributed by atoms with Gasteiger partial charge < -0.3 is 9.80 Å². The summed E-state index contributed by atoms with van der Waals surface area (Å²) in [5.74, 6) is -0.928. The van der Waals surface area contributed by atoms with Gasteiger partial charge in [0.25, 0.3) is 20.2 Å². The van der Waals surface area contributed by atoms with Crippen LogP contribution in [-0.4, -0.2) is 25.9 Å². The molecule has 52 heavy (non-hydrogen) atoms. The fourth-order valence-electron chi connectivity index (χ4n) is 7.07. The van der Waals surface area contributed by atoms with Crippen LogP contribution in [0.2, 0.25) is 0 Å². The van der Waals surface area contributed by atoms with Crippen LogP contribution < -0.4 is 9.80 Å². The lowest BCUT2D eigenvalue weighted by atomic mass is 9.91. The lowest BCUT2D eigenvalue weighted by Crippen LogP contribution is -2.12. The monoisotopic (exact) mass is 724 g/mol.